The Balaban J connectivity index is 0.00000280. The Bertz CT molecular complexity index is 922. The first kappa shape index (κ1) is 22.0. The van der Waals surface area contributed by atoms with Crippen molar-refractivity contribution in [1.29, 1.82) is 0 Å². The number of ether oxygens (including phenoxy) is 1. The molecular formula is C21H28IN5O. The van der Waals surface area contributed by atoms with Crippen molar-refractivity contribution in [3.05, 3.63) is 59.9 Å². The second-order valence-corrected chi connectivity index (χ2v) is 6.17. The van der Waals surface area contributed by atoms with E-state index in [0.29, 0.717) is 19.7 Å². The number of aliphatic imine (C=N–C) groups is 1. The molecule has 0 amide bonds. The number of rotatable bonds is 7. The molecule has 0 unspecified atom stereocenters. The number of guanidine groups is 1. The fourth-order valence-corrected chi connectivity index (χ4v) is 2.95. The number of hydrogen-bond donors (Lipinski definition) is 2. The highest BCUT2D eigenvalue weighted by atomic mass is 127. The Labute approximate surface area is 183 Å². The number of nitrogens with zero attached hydrogens (tertiary/aromatic N) is 3. The molecule has 0 aliphatic heterocycles. The lowest BCUT2D eigenvalue weighted by atomic mass is 10.2. The molecule has 2 aromatic carbocycles. The summed E-state index contributed by atoms with van der Waals surface area (Å²) >= 11 is 0. The zero-order valence-electron chi connectivity index (χ0n) is 16.6. The van der Waals surface area contributed by atoms with Gasteiger partial charge in [-0.05, 0) is 32.0 Å². The van der Waals surface area contributed by atoms with E-state index < -0.39 is 0 Å². The lowest BCUT2D eigenvalue weighted by Gasteiger charge is -2.12. The van der Waals surface area contributed by atoms with Crippen molar-refractivity contribution >= 4 is 41.0 Å². The van der Waals surface area contributed by atoms with Gasteiger partial charge in [0.15, 0.2) is 5.96 Å². The van der Waals surface area contributed by atoms with Crippen molar-refractivity contribution in [2.45, 2.75) is 26.9 Å². The van der Waals surface area contributed by atoms with Crippen molar-refractivity contribution in [2.24, 2.45) is 12.0 Å². The van der Waals surface area contributed by atoms with Crippen LogP contribution < -0.4 is 15.4 Å². The molecule has 0 atom stereocenters. The van der Waals surface area contributed by atoms with E-state index in [1.807, 2.05) is 56.4 Å². The lowest BCUT2D eigenvalue weighted by molar-refractivity contribution is 0.336. The van der Waals surface area contributed by atoms with Crippen LogP contribution in [0.25, 0.3) is 11.0 Å². The third-order valence-corrected chi connectivity index (χ3v) is 4.32. The molecule has 0 bridgehead atoms. The van der Waals surface area contributed by atoms with E-state index in [1.165, 1.54) is 0 Å². The minimum atomic E-state index is 0. The Morgan fingerprint density at radius 3 is 2.57 bits per heavy atom. The Morgan fingerprint density at radius 1 is 1.07 bits per heavy atom. The van der Waals surface area contributed by atoms with E-state index >= 15 is 0 Å². The van der Waals surface area contributed by atoms with Crippen molar-refractivity contribution in [1.82, 2.24) is 20.2 Å². The van der Waals surface area contributed by atoms with Crippen LogP contribution in [0.3, 0.4) is 0 Å². The van der Waals surface area contributed by atoms with Crippen LogP contribution in [0.4, 0.5) is 0 Å². The van der Waals surface area contributed by atoms with Crippen molar-refractivity contribution < 1.29 is 4.74 Å². The average Bonchev–Trinajstić information content (AvgIpc) is 3.01. The number of halogens is 1. The van der Waals surface area contributed by atoms with Gasteiger partial charge in [-0.3, -0.25) is 0 Å². The van der Waals surface area contributed by atoms with Gasteiger partial charge in [0.05, 0.1) is 30.7 Å². The number of nitrogens with one attached hydrogen (secondary N) is 2. The van der Waals surface area contributed by atoms with Gasteiger partial charge in [-0.25, -0.2) is 9.98 Å². The number of fused-ring (bicyclic) bond motifs is 1. The maximum absolute atomic E-state index is 5.68. The van der Waals surface area contributed by atoms with Gasteiger partial charge in [-0.2, -0.15) is 0 Å². The minimum absolute atomic E-state index is 0. The van der Waals surface area contributed by atoms with Crippen LogP contribution in [0, 0.1) is 0 Å². The fourth-order valence-electron chi connectivity index (χ4n) is 2.95. The average molecular weight is 493 g/mol. The Hall–Kier alpha value is -2.29. The topological polar surface area (TPSA) is 63.5 Å². The smallest absolute Gasteiger partial charge is 0.191 e. The highest BCUT2D eigenvalue weighted by molar-refractivity contribution is 14.0. The Morgan fingerprint density at radius 2 is 1.82 bits per heavy atom. The minimum Gasteiger partial charge on any atom is -0.494 e. The maximum atomic E-state index is 5.68. The monoisotopic (exact) mass is 493 g/mol. The molecule has 3 aromatic rings. The van der Waals surface area contributed by atoms with E-state index in [0.717, 1.165) is 40.7 Å². The summed E-state index contributed by atoms with van der Waals surface area (Å²) in [6, 6.07) is 16.2. The van der Waals surface area contributed by atoms with Crippen LogP contribution in [-0.2, 0) is 20.1 Å². The lowest BCUT2D eigenvalue weighted by Crippen LogP contribution is -2.37. The second-order valence-electron chi connectivity index (χ2n) is 6.17. The number of aryl methyl sites for hydroxylation is 1. The van der Waals surface area contributed by atoms with Crippen molar-refractivity contribution in [3.63, 3.8) is 0 Å². The summed E-state index contributed by atoms with van der Waals surface area (Å²) in [5.41, 5.74) is 3.20. The first-order chi connectivity index (χ1) is 13.2. The van der Waals surface area contributed by atoms with Crippen LogP contribution >= 0.6 is 24.0 Å². The van der Waals surface area contributed by atoms with E-state index in [2.05, 4.69) is 28.2 Å². The summed E-state index contributed by atoms with van der Waals surface area (Å²) in [5.74, 6) is 2.61. The molecule has 0 aliphatic carbocycles. The molecule has 28 heavy (non-hydrogen) atoms. The standard InChI is InChI=1S/C21H27N5O.HI/c1-4-22-21(23-14-16-10-6-9-13-19(16)27-5-2)24-15-20-25-17-11-7-8-12-18(17)26(20)3;/h6-13H,4-5,14-15H2,1-3H3,(H2,22,23,24);1H. The van der Waals surface area contributed by atoms with Gasteiger partial charge >= 0.3 is 0 Å². The van der Waals surface area contributed by atoms with Crippen LogP contribution in [0.15, 0.2) is 53.5 Å². The highest BCUT2D eigenvalue weighted by Crippen LogP contribution is 2.18. The highest BCUT2D eigenvalue weighted by Gasteiger charge is 2.08. The predicted molar refractivity (Wildman–Crippen MR) is 125 cm³/mol. The number of imidazole rings is 1. The molecule has 0 saturated carbocycles. The molecule has 1 heterocycles. The number of benzene rings is 2. The molecule has 150 valence electrons. The van der Waals surface area contributed by atoms with Crippen LogP contribution in [0.2, 0.25) is 0 Å². The summed E-state index contributed by atoms with van der Waals surface area (Å²) in [6.07, 6.45) is 0. The second kappa shape index (κ2) is 10.9. The third-order valence-electron chi connectivity index (χ3n) is 4.32. The normalized spacial score (nSPS) is 11.2. The molecule has 7 heteroatoms. The van der Waals surface area contributed by atoms with Gasteiger partial charge in [0.2, 0.25) is 0 Å². The summed E-state index contributed by atoms with van der Waals surface area (Å²) in [6.45, 7) is 6.63. The largest absolute Gasteiger partial charge is 0.494 e. The van der Waals surface area contributed by atoms with Crippen LogP contribution in [0.5, 0.6) is 5.75 Å². The van der Waals surface area contributed by atoms with E-state index in [4.69, 9.17) is 14.7 Å². The molecule has 0 spiro atoms. The fraction of sp³-hybridized carbons (Fsp3) is 0.333. The van der Waals surface area contributed by atoms with Gasteiger partial charge < -0.3 is 19.9 Å². The Kier molecular flexibility index (Phi) is 8.56. The van der Waals surface area contributed by atoms with Gasteiger partial charge in [0.25, 0.3) is 0 Å². The molecule has 3 rings (SSSR count). The first-order valence-electron chi connectivity index (χ1n) is 9.36. The summed E-state index contributed by atoms with van der Waals surface area (Å²) in [7, 11) is 2.04. The molecule has 0 aliphatic rings. The SMILES string of the molecule is CCNC(=NCc1ccccc1OCC)NCc1nc2ccccc2n1C.I. The number of aromatic nitrogens is 2. The quantitative estimate of drug-likeness (QED) is 0.298. The molecule has 6 nitrogen and oxygen atoms in total. The number of para-hydroxylation sites is 3. The first-order valence-corrected chi connectivity index (χ1v) is 9.36. The third kappa shape index (κ3) is 5.37. The number of hydrogen-bond acceptors (Lipinski definition) is 3. The maximum Gasteiger partial charge on any atom is 0.191 e. The van der Waals surface area contributed by atoms with Crippen molar-refractivity contribution in [3.8, 4) is 5.75 Å². The van der Waals surface area contributed by atoms with Crippen LogP contribution in [0.1, 0.15) is 25.2 Å². The van der Waals surface area contributed by atoms with Crippen LogP contribution in [-0.4, -0.2) is 28.7 Å². The zero-order valence-corrected chi connectivity index (χ0v) is 18.9. The van der Waals surface area contributed by atoms with Crippen molar-refractivity contribution in [2.75, 3.05) is 13.2 Å². The van der Waals surface area contributed by atoms with Gasteiger partial charge in [-0.1, -0.05) is 30.3 Å². The molecule has 1 aromatic heterocycles. The van der Waals surface area contributed by atoms with E-state index in [-0.39, 0.29) is 24.0 Å². The predicted octanol–water partition coefficient (Wildman–Crippen LogP) is 3.85. The summed E-state index contributed by atoms with van der Waals surface area (Å²) < 4.78 is 7.79. The van der Waals surface area contributed by atoms with Gasteiger partial charge in [0, 0.05) is 19.2 Å². The van der Waals surface area contributed by atoms with Gasteiger partial charge in [-0.15, -0.1) is 24.0 Å². The molecule has 0 radical (unpaired) electrons. The molecular weight excluding hydrogens is 465 g/mol. The molecule has 0 fully saturated rings. The summed E-state index contributed by atoms with van der Waals surface area (Å²) in [4.78, 5) is 9.40. The molecule has 0 saturated heterocycles. The molecule has 2 N–H and O–H groups in total. The van der Waals surface area contributed by atoms with Gasteiger partial charge in [0.1, 0.15) is 11.6 Å². The summed E-state index contributed by atoms with van der Waals surface area (Å²) in [5, 5.41) is 6.66. The zero-order chi connectivity index (χ0) is 19.1. The van der Waals surface area contributed by atoms with E-state index in [1.54, 1.807) is 0 Å². The van der Waals surface area contributed by atoms with E-state index in [9.17, 15) is 0 Å².